The first kappa shape index (κ1) is 44.9. The van der Waals surface area contributed by atoms with Crippen molar-refractivity contribution in [3.05, 3.63) is 94.0 Å². The van der Waals surface area contributed by atoms with Crippen LogP contribution < -0.4 is 0 Å². The van der Waals surface area contributed by atoms with E-state index in [1.807, 2.05) is 0 Å². The minimum atomic E-state index is -0.318. The van der Waals surface area contributed by atoms with E-state index in [1.165, 1.54) is 98.4 Å². The molecule has 15 rings (SSSR count). The van der Waals surface area contributed by atoms with Crippen LogP contribution in [-0.2, 0) is 21.7 Å². The maximum atomic E-state index is 15.1. The number of rotatable bonds is 10. The smallest absolute Gasteiger partial charge is 0.169 e. The van der Waals surface area contributed by atoms with E-state index < -0.39 is 0 Å². The van der Waals surface area contributed by atoms with Crippen molar-refractivity contribution in [3.8, 4) is 0 Å². The molecule has 4 nitrogen and oxygen atoms in total. The lowest BCUT2D eigenvalue weighted by Gasteiger charge is -2.44. The number of benzene rings is 5. The Hall–Kier alpha value is -4.96. The molecule has 70 heavy (non-hydrogen) atoms. The van der Waals surface area contributed by atoms with Crippen LogP contribution >= 0.6 is 0 Å². The van der Waals surface area contributed by atoms with E-state index in [2.05, 4.69) is 153 Å². The summed E-state index contributed by atoms with van der Waals surface area (Å²) in [4.78, 5) is 30.1. The molecule has 4 aromatic heterocycles. The van der Waals surface area contributed by atoms with Crippen LogP contribution in [0.3, 0.4) is 0 Å². The van der Waals surface area contributed by atoms with Crippen molar-refractivity contribution in [2.75, 3.05) is 0 Å². The maximum Gasteiger partial charge on any atom is 0.169 e. The third-order valence-corrected chi connectivity index (χ3v) is 22.8. The number of hydrogen-bond acceptors (Lipinski definition) is 2. The predicted molar refractivity (Wildman–Crippen MR) is 296 cm³/mol. The molecule has 5 aromatic carbocycles. The van der Waals surface area contributed by atoms with Gasteiger partial charge in [-0.1, -0.05) is 83.1 Å². The second-order valence-electron chi connectivity index (χ2n) is 25.3. The van der Waals surface area contributed by atoms with Crippen LogP contribution in [0.4, 0.5) is 0 Å². The van der Waals surface area contributed by atoms with Crippen molar-refractivity contribution >= 4 is 87.8 Å². The van der Waals surface area contributed by atoms with Gasteiger partial charge in [-0.15, -0.1) is 0 Å². The minimum absolute atomic E-state index is 0.000117. The zero-order valence-electron chi connectivity index (χ0n) is 44.5. The number of fused-ring (bicyclic) bond motifs is 16. The topological polar surface area (TPSA) is 43.0 Å². The monoisotopic (exact) mass is 929 g/mol. The SMILES string of the molecule is CCC(CC)(CC)c1cc2c3cc4c(cc3n3c5cc6c7cc(C(CC)(CC)CC)cc8c9cc%10c(cc9n(c6cc5c(c1)c23)c87)C(=O)C1(C)CCC%10(C(C)C)CC1)C(=O)C1(C)CCC4(C(C)C)CC1. The molecule has 0 radical (unpaired) electrons. The molecule has 2 fully saturated rings. The summed E-state index contributed by atoms with van der Waals surface area (Å²) in [6, 6.07) is 25.2. The molecule has 6 aliphatic carbocycles. The Kier molecular flexibility index (Phi) is 9.23. The van der Waals surface area contributed by atoms with Gasteiger partial charge in [0.15, 0.2) is 11.6 Å². The number of carbonyl (C=O) groups is 2. The van der Waals surface area contributed by atoms with E-state index in [4.69, 9.17) is 0 Å². The predicted octanol–water partition coefficient (Wildman–Crippen LogP) is 18.3. The van der Waals surface area contributed by atoms with E-state index in [9.17, 15) is 0 Å². The molecule has 362 valence electrons. The molecule has 4 heteroatoms. The first-order valence-corrected chi connectivity index (χ1v) is 28.1. The van der Waals surface area contributed by atoms with Crippen molar-refractivity contribution in [2.24, 2.45) is 22.7 Å². The van der Waals surface area contributed by atoms with E-state index in [0.717, 1.165) is 101 Å². The van der Waals surface area contributed by atoms with E-state index >= 15 is 9.59 Å². The van der Waals surface area contributed by atoms with Crippen LogP contribution in [0.1, 0.15) is 216 Å². The van der Waals surface area contributed by atoms with Crippen LogP contribution in [0.15, 0.2) is 60.7 Å². The second-order valence-corrected chi connectivity index (χ2v) is 25.3. The van der Waals surface area contributed by atoms with Crippen LogP contribution in [0.25, 0.3) is 76.2 Å². The van der Waals surface area contributed by atoms with Gasteiger partial charge in [-0.2, -0.15) is 0 Å². The van der Waals surface area contributed by atoms with Gasteiger partial charge in [-0.25, -0.2) is 0 Å². The zero-order valence-corrected chi connectivity index (χ0v) is 44.5. The Bertz CT molecular complexity index is 3450. The Morgan fingerprint density at radius 1 is 0.414 bits per heavy atom. The summed E-state index contributed by atoms with van der Waals surface area (Å²) in [6.45, 7) is 28.4. The van der Waals surface area contributed by atoms with Crippen LogP contribution in [-0.4, -0.2) is 20.4 Å². The lowest BCUT2D eigenvalue weighted by Crippen LogP contribution is -2.38. The molecule has 0 spiro atoms. The quantitative estimate of drug-likeness (QED) is 0.137. The molecule has 2 saturated carbocycles. The van der Waals surface area contributed by atoms with Gasteiger partial charge < -0.3 is 8.80 Å². The number of Topliss-reactive ketones (excluding diaryl/α,β-unsaturated/α-hetero) is 2. The lowest BCUT2D eigenvalue weighted by atomic mass is 9.60. The van der Waals surface area contributed by atoms with Crippen molar-refractivity contribution in [1.82, 2.24) is 8.80 Å². The molecule has 0 saturated heterocycles. The summed E-state index contributed by atoms with van der Waals surface area (Å²) in [5.74, 6) is 1.59. The van der Waals surface area contributed by atoms with Gasteiger partial charge in [0.05, 0.1) is 33.1 Å². The highest BCUT2D eigenvalue weighted by atomic mass is 16.1. The molecule has 9 aromatic rings. The van der Waals surface area contributed by atoms with Crippen molar-refractivity contribution < 1.29 is 9.59 Å². The third-order valence-electron chi connectivity index (χ3n) is 22.8. The lowest BCUT2D eigenvalue weighted by molar-refractivity contribution is 0.0683. The van der Waals surface area contributed by atoms with Gasteiger partial charge in [-0.05, 0) is 206 Å². The van der Waals surface area contributed by atoms with E-state index in [-0.39, 0.29) is 32.5 Å². The highest BCUT2D eigenvalue weighted by Crippen LogP contribution is 2.60. The number of aromatic nitrogens is 2. The fourth-order valence-corrected chi connectivity index (χ4v) is 17.1. The number of carbonyl (C=O) groups excluding carboxylic acids is 2. The fourth-order valence-electron chi connectivity index (χ4n) is 17.1. The highest BCUT2D eigenvalue weighted by molar-refractivity contribution is 6.30. The molecular weight excluding hydrogens is 853 g/mol. The van der Waals surface area contributed by atoms with Crippen molar-refractivity contribution in [2.45, 2.75) is 195 Å². The van der Waals surface area contributed by atoms with Crippen LogP contribution in [0, 0.1) is 22.7 Å². The molecule has 0 amide bonds. The highest BCUT2D eigenvalue weighted by Gasteiger charge is 2.54. The van der Waals surface area contributed by atoms with Gasteiger partial charge >= 0.3 is 0 Å². The summed E-state index contributed by atoms with van der Waals surface area (Å²) in [5.41, 5.74) is 14.3. The summed E-state index contributed by atoms with van der Waals surface area (Å²) < 4.78 is 5.16. The number of hydrogen-bond donors (Lipinski definition) is 0. The third kappa shape index (κ3) is 5.15. The van der Waals surface area contributed by atoms with Crippen LogP contribution in [0.2, 0.25) is 0 Å². The molecule has 6 aliphatic rings. The number of ketones is 2. The zero-order chi connectivity index (χ0) is 49.0. The normalized spacial score (nSPS) is 25.3. The Labute approximate surface area is 415 Å². The average molecular weight is 929 g/mol. The van der Waals surface area contributed by atoms with Crippen LogP contribution in [0.5, 0.6) is 0 Å². The summed E-state index contributed by atoms with van der Waals surface area (Å²) in [6.07, 6.45) is 14.7. The van der Waals surface area contributed by atoms with Gasteiger partial charge in [0.2, 0.25) is 0 Å². The Balaban J connectivity index is 1.21. The van der Waals surface area contributed by atoms with E-state index in [1.54, 1.807) is 0 Å². The summed E-state index contributed by atoms with van der Waals surface area (Å²) in [5, 5.41) is 10.4. The molecule has 0 aliphatic heterocycles. The second kappa shape index (κ2) is 14.4. The Morgan fingerprint density at radius 3 is 0.986 bits per heavy atom. The fraction of sp³-hybridized carbons (Fsp3) is 0.515. The van der Waals surface area contributed by atoms with Crippen molar-refractivity contribution in [1.29, 1.82) is 0 Å². The largest absolute Gasteiger partial charge is 0.308 e. The first-order valence-electron chi connectivity index (χ1n) is 28.1. The maximum absolute atomic E-state index is 15.1. The van der Waals surface area contributed by atoms with Gasteiger partial charge in [-0.3, -0.25) is 9.59 Å². The number of nitrogens with zero attached hydrogens (tertiary/aromatic N) is 2. The molecule has 0 N–H and O–H groups in total. The summed E-state index contributed by atoms with van der Waals surface area (Å²) >= 11 is 0. The van der Waals surface area contributed by atoms with Gasteiger partial charge in [0, 0.05) is 65.0 Å². The van der Waals surface area contributed by atoms with Gasteiger partial charge in [0.25, 0.3) is 0 Å². The minimum Gasteiger partial charge on any atom is -0.308 e. The average Bonchev–Trinajstić information content (AvgIpc) is 4.02. The molecule has 0 unspecified atom stereocenters. The van der Waals surface area contributed by atoms with E-state index in [0.29, 0.717) is 23.4 Å². The van der Waals surface area contributed by atoms with Gasteiger partial charge in [0.1, 0.15) is 0 Å². The Morgan fingerprint density at radius 2 is 0.700 bits per heavy atom. The molecule has 4 heterocycles. The molecule has 4 bridgehead atoms. The molecule has 0 atom stereocenters. The summed E-state index contributed by atoms with van der Waals surface area (Å²) in [7, 11) is 0. The standard InChI is InChI=1S/C66H76N2O2/c1-13-63(14-2,15-3)39-27-45-41-31-51-49(59(69)61(11)19-23-65(51,24-20-61)37(7)8)35-55(41)67-53-34-44-48-30-40(64(16-4,17-5)18-6)28-46-42-32-52-50(60(70)62(12)21-25-66(52,26-22-62)38(9)10)36-56(42)68(58(46)48)54(44)33-43(53)47(29-39)57(45)67/h27-38H,13-26H2,1-12H3. The van der Waals surface area contributed by atoms with Crippen molar-refractivity contribution in [3.63, 3.8) is 0 Å². The molecular formula is C66H76N2O2. The first-order chi connectivity index (χ1) is 33.5.